The van der Waals surface area contributed by atoms with E-state index in [9.17, 15) is 0 Å². The predicted octanol–water partition coefficient (Wildman–Crippen LogP) is 1.02. The third-order valence-corrected chi connectivity index (χ3v) is 1.89. The first kappa shape index (κ1) is 14.8. The Bertz CT molecular complexity index is 403. The Hall–Kier alpha value is -1.17. The molecule has 0 fully saturated rings. The lowest BCUT2D eigenvalue weighted by Gasteiger charge is -1.98. The molecule has 88 valence electrons. The van der Waals surface area contributed by atoms with Crippen LogP contribution in [-0.2, 0) is 13.1 Å². The van der Waals surface area contributed by atoms with E-state index in [2.05, 4.69) is 15.3 Å². The molecule has 0 saturated carbocycles. The summed E-state index contributed by atoms with van der Waals surface area (Å²) in [4.78, 5) is 3.94. The van der Waals surface area contributed by atoms with Gasteiger partial charge in [0.2, 0.25) is 0 Å². The summed E-state index contributed by atoms with van der Waals surface area (Å²) in [7, 11) is 0. The quantitative estimate of drug-likeness (QED) is 0.896. The van der Waals surface area contributed by atoms with Crippen molar-refractivity contribution in [3.63, 3.8) is 0 Å². The SMILES string of the molecule is Cl.Cl.NCc1cn(Cc2ccncc2)nn1. The zero-order valence-corrected chi connectivity index (χ0v) is 10.1. The fourth-order valence-corrected chi connectivity index (χ4v) is 1.18. The summed E-state index contributed by atoms with van der Waals surface area (Å²) in [6.07, 6.45) is 5.37. The van der Waals surface area contributed by atoms with Crippen LogP contribution in [0.3, 0.4) is 0 Å². The molecule has 0 spiro atoms. The summed E-state index contributed by atoms with van der Waals surface area (Å²) >= 11 is 0. The molecule has 0 radical (unpaired) electrons. The van der Waals surface area contributed by atoms with Crippen LogP contribution in [0.5, 0.6) is 0 Å². The van der Waals surface area contributed by atoms with Crippen LogP contribution < -0.4 is 5.73 Å². The van der Waals surface area contributed by atoms with Gasteiger partial charge in [-0.2, -0.15) is 0 Å². The molecule has 2 N–H and O–H groups in total. The first-order valence-electron chi connectivity index (χ1n) is 4.36. The van der Waals surface area contributed by atoms with Crippen LogP contribution >= 0.6 is 24.8 Å². The van der Waals surface area contributed by atoms with Crippen molar-refractivity contribution < 1.29 is 0 Å². The van der Waals surface area contributed by atoms with E-state index in [4.69, 9.17) is 5.73 Å². The van der Waals surface area contributed by atoms with Gasteiger partial charge in [-0.15, -0.1) is 29.9 Å². The van der Waals surface area contributed by atoms with Gasteiger partial charge in [-0.3, -0.25) is 4.98 Å². The van der Waals surface area contributed by atoms with E-state index in [1.54, 1.807) is 17.1 Å². The van der Waals surface area contributed by atoms with E-state index in [1.165, 1.54) is 0 Å². The summed E-state index contributed by atoms with van der Waals surface area (Å²) in [5.41, 5.74) is 7.38. The van der Waals surface area contributed by atoms with Gasteiger partial charge in [0, 0.05) is 18.9 Å². The van der Waals surface area contributed by atoms with Gasteiger partial charge in [0.25, 0.3) is 0 Å². The third-order valence-electron chi connectivity index (χ3n) is 1.89. The van der Waals surface area contributed by atoms with E-state index in [-0.39, 0.29) is 24.8 Å². The van der Waals surface area contributed by atoms with Crippen LogP contribution in [0.25, 0.3) is 0 Å². The number of aromatic nitrogens is 4. The first-order chi connectivity index (χ1) is 6.88. The lowest BCUT2D eigenvalue weighted by molar-refractivity contribution is 0.648. The maximum atomic E-state index is 5.43. The molecule has 2 aromatic rings. The molecule has 2 aromatic heterocycles. The van der Waals surface area contributed by atoms with E-state index in [0.29, 0.717) is 13.1 Å². The molecule has 0 aliphatic rings. The Balaban J connectivity index is 0.00000112. The Labute approximate surface area is 106 Å². The number of nitrogens with two attached hydrogens (primary N) is 1. The molecule has 0 saturated heterocycles. The molecule has 5 nitrogen and oxygen atoms in total. The summed E-state index contributed by atoms with van der Waals surface area (Å²) in [6, 6.07) is 3.90. The lowest BCUT2D eigenvalue weighted by Crippen LogP contribution is -2.00. The smallest absolute Gasteiger partial charge is 0.0962 e. The highest BCUT2D eigenvalue weighted by molar-refractivity contribution is 5.85. The third kappa shape index (κ3) is 3.77. The van der Waals surface area contributed by atoms with Gasteiger partial charge in [0.1, 0.15) is 0 Å². The highest BCUT2D eigenvalue weighted by Crippen LogP contribution is 2.00. The van der Waals surface area contributed by atoms with Crippen LogP contribution in [0.2, 0.25) is 0 Å². The van der Waals surface area contributed by atoms with Gasteiger partial charge in [-0.1, -0.05) is 5.21 Å². The fourth-order valence-electron chi connectivity index (χ4n) is 1.18. The van der Waals surface area contributed by atoms with Crippen LogP contribution in [0.4, 0.5) is 0 Å². The minimum absolute atomic E-state index is 0. The molecule has 16 heavy (non-hydrogen) atoms. The summed E-state index contributed by atoms with van der Waals surface area (Å²) in [5.74, 6) is 0. The predicted molar refractivity (Wildman–Crippen MR) is 65.7 cm³/mol. The number of rotatable bonds is 3. The highest BCUT2D eigenvalue weighted by Gasteiger charge is 1.98. The molecule has 0 atom stereocenters. The summed E-state index contributed by atoms with van der Waals surface area (Å²) in [5, 5.41) is 7.85. The molecule has 0 bridgehead atoms. The number of pyridine rings is 1. The zero-order valence-electron chi connectivity index (χ0n) is 8.48. The number of nitrogens with zero attached hydrogens (tertiary/aromatic N) is 4. The molecule has 0 aliphatic heterocycles. The van der Waals surface area contributed by atoms with Crippen molar-refractivity contribution in [3.8, 4) is 0 Å². The molecule has 7 heteroatoms. The van der Waals surface area contributed by atoms with Crippen LogP contribution in [0.1, 0.15) is 11.3 Å². The Kier molecular flexibility index (Phi) is 6.64. The van der Waals surface area contributed by atoms with Crippen molar-refractivity contribution in [1.29, 1.82) is 0 Å². The van der Waals surface area contributed by atoms with Gasteiger partial charge in [-0.05, 0) is 17.7 Å². The Morgan fingerprint density at radius 3 is 2.44 bits per heavy atom. The fraction of sp³-hybridized carbons (Fsp3) is 0.222. The van der Waals surface area contributed by atoms with Crippen molar-refractivity contribution in [2.45, 2.75) is 13.1 Å². The van der Waals surface area contributed by atoms with Crippen molar-refractivity contribution >= 4 is 24.8 Å². The largest absolute Gasteiger partial charge is 0.325 e. The van der Waals surface area contributed by atoms with Gasteiger partial charge < -0.3 is 5.73 Å². The summed E-state index contributed by atoms with van der Waals surface area (Å²) in [6.45, 7) is 1.13. The molecular weight excluding hydrogens is 249 g/mol. The maximum Gasteiger partial charge on any atom is 0.0962 e. The molecule has 0 amide bonds. The average Bonchev–Trinajstić information content (AvgIpc) is 2.67. The number of halogens is 2. The average molecular weight is 262 g/mol. The molecule has 0 aliphatic carbocycles. The van der Waals surface area contributed by atoms with E-state index < -0.39 is 0 Å². The summed E-state index contributed by atoms with van der Waals surface area (Å²) < 4.78 is 1.76. The van der Waals surface area contributed by atoms with Gasteiger partial charge >= 0.3 is 0 Å². The first-order valence-corrected chi connectivity index (χ1v) is 4.36. The van der Waals surface area contributed by atoms with Crippen LogP contribution in [0.15, 0.2) is 30.7 Å². The normalized spacial score (nSPS) is 9.06. The van der Waals surface area contributed by atoms with Gasteiger partial charge in [0.05, 0.1) is 18.4 Å². The lowest BCUT2D eigenvalue weighted by atomic mass is 10.3. The van der Waals surface area contributed by atoms with E-state index in [1.807, 2.05) is 18.3 Å². The highest BCUT2D eigenvalue weighted by atomic mass is 35.5. The second kappa shape index (κ2) is 7.16. The monoisotopic (exact) mass is 261 g/mol. The van der Waals surface area contributed by atoms with Crippen LogP contribution in [0, 0.1) is 0 Å². The molecule has 0 aromatic carbocycles. The zero-order chi connectivity index (χ0) is 9.80. The molecular formula is C9H13Cl2N5. The van der Waals surface area contributed by atoms with E-state index in [0.717, 1.165) is 11.3 Å². The van der Waals surface area contributed by atoms with Crippen molar-refractivity contribution in [2.75, 3.05) is 0 Å². The number of hydrogen-bond acceptors (Lipinski definition) is 4. The Morgan fingerprint density at radius 2 is 1.88 bits per heavy atom. The minimum atomic E-state index is 0. The van der Waals surface area contributed by atoms with Crippen molar-refractivity contribution in [2.24, 2.45) is 5.73 Å². The van der Waals surface area contributed by atoms with Gasteiger partial charge in [0.15, 0.2) is 0 Å². The molecule has 2 heterocycles. The standard InChI is InChI=1S/C9H11N5.2ClH/c10-5-9-7-14(13-12-9)6-8-1-3-11-4-2-8;;/h1-4,7H,5-6,10H2;2*1H. The number of hydrogen-bond donors (Lipinski definition) is 1. The van der Waals surface area contributed by atoms with Crippen LogP contribution in [-0.4, -0.2) is 20.0 Å². The molecule has 2 rings (SSSR count). The van der Waals surface area contributed by atoms with E-state index >= 15 is 0 Å². The second-order valence-corrected chi connectivity index (χ2v) is 2.97. The Morgan fingerprint density at radius 1 is 1.19 bits per heavy atom. The minimum Gasteiger partial charge on any atom is -0.325 e. The van der Waals surface area contributed by atoms with Crippen molar-refractivity contribution in [1.82, 2.24) is 20.0 Å². The van der Waals surface area contributed by atoms with Gasteiger partial charge in [-0.25, -0.2) is 4.68 Å². The maximum absolute atomic E-state index is 5.43. The topological polar surface area (TPSA) is 69.6 Å². The molecule has 0 unspecified atom stereocenters. The van der Waals surface area contributed by atoms with Crippen molar-refractivity contribution in [3.05, 3.63) is 42.0 Å². The second-order valence-electron chi connectivity index (χ2n) is 2.97.